The van der Waals surface area contributed by atoms with Crippen molar-refractivity contribution in [1.82, 2.24) is 14.9 Å². The topological polar surface area (TPSA) is 111 Å². The van der Waals surface area contributed by atoms with E-state index in [0.717, 1.165) is 38.0 Å². The van der Waals surface area contributed by atoms with E-state index < -0.39 is 15.7 Å². The predicted molar refractivity (Wildman–Crippen MR) is 121 cm³/mol. The number of carbonyl (C=O) groups excluding carboxylic acids is 1. The van der Waals surface area contributed by atoms with Crippen molar-refractivity contribution < 1.29 is 27.1 Å². The van der Waals surface area contributed by atoms with Crippen LogP contribution in [0, 0.1) is 12.7 Å². The number of piperidine rings is 1. The first kappa shape index (κ1) is 22.8. The van der Waals surface area contributed by atoms with Crippen LogP contribution in [0.1, 0.15) is 44.1 Å². The number of carbonyl (C=O) groups is 1. The molecule has 2 aromatic rings. The van der Waals surface area contributed by atoms with Crippen molar-refractivity contribution in [2.45, 2.75) is 74.6 Å². The van der Waals surface area contributed by atoms with Gasteiger partial charge in [-0.05, 0) is 50.8 Å². The zero-order valence-corrected chi connectivity index (χ0v) is 19.8. The lowest BCUT2D eigenvalue weighted by molar-refractivity contribution is 0.0289. The summed E-state index contributed by atoms with van der Waals surface area (Å²) in [6.07, 6.45) is 7.31. The minimum atomic E-state index is -3.51. The van der Waals surface area contributed by atoms with E-state index in [0.29, 0.717) is 30.1 Å². The van der Waals surface area contributed by atoms with Gasteiger partial charge in [0.25, 0.3) is 0 Å². The molecule has 1 aliphatic carbocycles. The van der Waals surface area contributed by atoms with Gasteiger partial charge in [0, 0.05) is 31.2 Å². The average molecular weight is 491 g/mol. The molecule has 2 saturated heterocycles. The number of rotatable bonds is 6. The molecule has 1 amide bonds. The number of sulfone groups is 1. The Bertz CT molecular complexity index is 1210. The van der Waals surface area contributed by atoms with Crippen molar-refractivity contribution in [3.8, 4) is 5.88 Å². The molecule has 3 aliphatic rings. The van der Waals surface area contributed by atoms with Gasteiger partial charge in [0.1, 0.15) is 30.2 Å². The number of ether oxygens (including phenoxy) is 2. The van der Waals surface area contributed by atoms with Crippen LogP contribution in [0.2, 0.25) is 0 Å². The smallest absolute Gasteiger partial charge is 0.410 e. The van der Waals surface area contributed by atoms with Crippen molar-refractivity contribution in [2.24, 2.45) is 0 Å². The largest absolute Gasteiger partial charge is 0.474 e. The number of benzene rings is 1. The number of hydrogen-bond acceptors (Lipinski definition) is 8. The molecule has 3 fully saturated rings. The standard InChI is InChI=1S/C23H27FN4O5S/c1-13-21(27-20-8-7-18(11-19(20)24)34(2,30)31)25-12-26-22(13)32-17-9-14-3-4-15(10-17)28(14)23(29)33-16-5-6-16/h7-8,11-12,14-17H,3-6,9-10H2,1-2H3,(H,25,26,27). The van der Waals surface area contributed by atoms with Gasteiger partial charge in [0.2, 0.25) is 5.88 Å². The molecule has 2 bridgehead atoms. The first-order valence-corrected chi connectivity index (χ1v) is 13.3. The van der Waals surface area contributed by atoms with E-state index in [-0.39, 0.29) is 41.0 Å². The van der Waals surface area contributed by atoms with Gasteiger partial charge in [-0.15, -0.1) is 0 Å². The number of halogens is 1. The van der Waals surface area contributed by atoms with Crippen LogP contribution >= 0.6 is 0 Å². The number of aromatic nitrogens is 2. The third kappa shape index (κ3) is 4.66. The lowest BCUT2D eigenvalue weighted by atomic mass is 10.0. The summed E-state index contributed by atoms with van der Waals surface area (Å²) in [5.41, 5.74) is 0.706. The monoisotopic (exact) mass is 490 g/mol. The molecule has 1 N–H and O–H groups in total. The van der Waals surface area contributed by atoms with Crippen LogP contribution in [-0.4, -0.2) is 59.9 Å². The minimum absolute atomic E-state index is 0.0860. The fourth-order valence-electron chi connectivity index (χ4n) is 4.70. The van der Waals surface area contributed by atoms with Crippen LogP contribution in [0.25, 0.3) is 0 Å². The number of fused-ring (bicyclic) bond motifs is 2. The van der Waals surface area contributed by atoms with Gasteiger partial charge in [-0.25, -0.2) is 27.6 Å². The highest BCUT2D eigenvalue weighted by atomic mass is 32.2. The van der Waals surface area contributed by atoms with Gasteiger partial charge in [-0.2, -0.15) is 0 Å². The second kappa shape index (κ2) is 8.68. The van der Waals surface area contributed by atoms with E-state index in [9.17, 15) is 17.6 Å². The Balaban J connectivity index is 1.27. The number of nitrogens with one attached hydrogen (secondary N) is 1. The van der Waals surface area contributed by atoms with E-state index in [4.69, 9.17) is 9.47 Å². The molecule has 2 aliphatic heterocycles. The molecule has 0 spiro atoms. The van der Waals surface area contributed by atoms with E-state index in [2.05, 4.69) is 15.3 Å². The highest BCUT2D eigenvalue weighted by Crippen LogP contribution is 2.39. The molecule has 34 heavy (non-hydrogen) atoms. The number of anilines is 2. The summed E-state index contributed by atoms with van der Waals surface area (Å²) in [6, 6.07) is 3.87. The van der Waals surface area contributed by atoms with Crippen molar-refractivity contribution in [3.05, 3.63) is 35.9 Å². The molecule has 9 nitrogen and oxygen atoms in total. The third-order valence-electron chi connectivity index (χ3n) is 6.63. The SMILES string of the molecule is Cc1c(Nc2ccc(S(C)(=O)=O)cc2F)ncnc1OC1CC2CCC(C1)N2C(=O)OC1CC1. The Hall–Kier alpha value is -2.95. The summed E-state index contributed by atoms with van der Waals surface area (Å²) in [4.78, 5) is 22.8. The van der Waals surface area contributed by atoms with E-state index >= 15 is 0 Å². The zero-order chi connectivity index (χ0) is 24.0. The van der Waals surface area contributed by atoms with Gasteiger partial charge in [-0.1, -0.05) is 0 Å². The molecular weight excluding hydrogens is 463 g/mol. The van der Waals surface area contributed by atoms with E-state index in [1.54, 1.807) is 6.92 Å². The molecule has 5 rings (SSSR count). The molecule has 182 valence electrons. The Morgan fingerprint density at radius 2 is 1.82 bits per heavy atom. The highest BCUT2D eigenvalue weighted by Gasteiger charge is 2.46. The normalized spacial score (nSPS) is 24.1. The Morgan fingerprint density at radius 1 is 1.12 bits per heavy atom. The minimum Gasteiger partial charge on any atom is -0.474 e. The summed E-state index contributed by atoms with van der Waals surface area (Å²) >= 11 is 0. The van der Waals surface area contributed by atoms with Crippen LogP contribution in [0.15, 0.2) is 29.4 Å². The lowest BCUT2D eigenvalue weighted by Gasteiger charge is -2.38. The van der Waals surface area contributed by atoms with E-state index in [1.165, 1.54) is 18.5 Å². The quantitative estimate of drug-likeness (QED) is 0.652. The zero-order valence-electron chi connectivity index (χ0n) is 19.0. The van der Waals surface area contributed by atoms with Gasteiger partial charge in [-0.3, -0.25) is 0 Å². The van der Waals surface area contributed by atoms with Crippen molar-refractivity contribution >= 4 is 27.4 Å². The molecule has 11 heteroatoms. The van der Waals surface area contributed by atoms with E-state index in [1.807, 2.05) is 4.90 Å². The molecule has 1 saturated carbocycles. The molecule has 1 aromatic heterocycles. The summed E-state index contributed by atoms with van der Waals surface area (Å²) < 4.78 is 49.5. The van der Waals surface area contributed by atoms with Crippen LogP contribution < -0.4 is 10.1 Å². The highest BCUT2D eigenvalue weighted by molar-refractivity contribution is 7.90. The number of hydrogen-bond donors (Lipinski definition) is 1. The van der Waals surface area contributed by atoms with Crippen molar-refractivity contribution in [3.63, 3.8) is 0 Å². The second-order valence-electron chi connectivity index (χ2n) is 9.28. The fourth-order valence-corrected chi connectivity index (χ4v) is 5.34. The lowest BCUT2D eigenvalue weighted by Crippen LogP contribution is -2.49. The first-order valence-electron chi connectivity index (χ1n) is 11.4. The summed E-state index contributed by atoms with van der Waals surface area (Å²) in [7, 11) is -3.51. The average Bonchev–Trinajstić information content (AvgIpc) is 3.54. The van der Waals surface area contributed by atoms with Crippen molar-refractivity contribution in [2.75, 3.05) is 11.6 Å². The van der Waals surface area contributed by atoms with Gasteiger partial charge >= 0.3 is 6.09 Å². The molecule has 1 aromatic carbocycles. The Labute approximate surface area is 197 Å². The summed E-state index contributed by atoms with van der Waals surface area (Å²) in [5, 5.41) is 2.90. The first-order chi connectivity index (χ1) is 16.2. The molecular formula is C23H27FN4O5S. The second-order valence-corrected chi connectivity index (χ2v) is 11.3. The molecule has 0 radical (unpaired) electrons. The predicted octanol–water partition coefficient (Wildman–Crippen LogP) is 3.74. The summed E-state index contributed by atoms with van der Waals surface area (Å²) in [6.45, 7) is 1.77. The fraction of sp³-hybridized carbons (Fsp3) is 0.522. The summed E-state index contributed by atoms with van der Waals surface area (Å²) in [5.74, 6) is 0.0546. The maximum Gasteiger partial charge on any atom is 0.410 e. The maximum atomic E-state index is 14.5. The maximum absolute atomic E-state index is 14.5. The number of amides is 1. The van der Waals surface area contributed by atoms with Crippen LogP contribution in [0.5, 0.6) is 5.88 Å². The van der Waals surface area contributed by atoms with Crippen LogP contribution in [0.4, 0.5) is 20.7 Å². The molecule has 2 unspecified atom stereocenters. The Morgan fingerprint density at radius 3 is 2.44 bits per heavy atom. The van der Waals surface area contributed by atoms with Gasteiger partial charge in [0.05, 0.1) is 16.1 Å². The van der Waals surface area contributed by atoms with Gasteiger partial charge in [0.15, 0.2) is 9.84 Å². The van der Waals surface area contributed by atoms with Crippen LogP contribution in [-0.2, 0) is 14.6 Å². The molecule has 2 atom stereocenters. The Kier molecular flexibility index (Phi) is 5.83. The molecule has 3 heterocycles. The number of nitrogens with zero attached hydrogens (tertiary/aromatic N) is 3. The van der Waals surface area contributed by atoms with Gasteiger partial charge < -0.3 is 19.7 Å². The third-order valence-corrected chi connectivity index (χ3v) is 7.74. The van der Waals surface area contributed by atoms with Crippen molar-refractivity contribution in [1.29, 1.82) is 0 Å². The van der Waals surface area contributed by atoms with Crippen LogP contribution in [0.3, 0.4) is 0 Å².